The fourth-order valence-electron chi connectivity index (χ4n) is 2.70. The minimum atomic E-state index is -0.170. The van der Waals surface area contributed by atoms with Gasteiger partial charge in [-0.1, -0.05) is 59.4 Å². The smallest absolute Gasteiger partial charge is 0.258 e. The molecular formula is C19H27NO2S. The van der Waals surface area contributed by atoms with Crippen LogP contribution in [0.5, 0.6) is 5.75 Å². The van der Waals surface area contributed by atoms with Gasteiger partial charge in [0.05, 0.1) is 4.91 Å². The third-order valence-corrected chi connectivity index (χ3v) is 5.34. The van der Waals surface area contributed by atoms with Crippen molar-refractivity contribution < 1.29 is 9.90 Å². The topological polar surface area (TPSA) is 49.3 Å². The highest BCUT2D eigenvalue weighted by Crippen LogP contribution is 2.45. The molecule has 1 fully saturated rings. The molecule has 1 heterocycles. The molecule has 0 radical (unpaired) electrons. The van der Waals surface area contributed by atoms with Gasteiger partial charge in [-0.15, -0.1) is 0 Å². The van der Waals surface area contributed by atoms with E-state index in [9.17, 15) is 9.90 Å². The number of benzene rings is 1. The maximum absolute atomic E-state index is 12.0. The lowest BCUT2D eigenvalue weighted by molar-refractivity contribution is -0.116. The van der Waals surface area contributed by atoms with E-state index in [0.717, 1.165) is 21.6 Å². The predicted molar refractivity (Wildman–Crippen MR) is 97.7 cm³/mol. The summed E-state index contributed by atoms with van der Waals surface area (Å²) in [4.78, 5) is 12.7. The van der Waals surface area contributed by atoms with Crippen molar-refractivity contribution in [3.05, 3.63) is 39.8 Å². The Balaban J connectivity index is 2.60. The molecule has 1 amide bonds. The van der Waals surface area contributed by atoms with E-state index in [-0.39, 0.29) is 22.1 Å². The Kier molecular flexibility index (Phi) is 4.60. The highest BCUT2D eigenvalue weighted by molar-refractivity contribution is 8.04. The normalized spacial score (nSPS) is 20.9. The molecule has 1 aromatic rings. The van der Waals surface area contributed by atoms with Gasteiger partial charge in [0.1, 0.15) is 11.1 Å². The molecule has 4 heteroatoms. The molecule has 0 bridgehead atoms. The second kappa shape index (κ2) is 5.90. The zero-order chi connectivity index (χ0) is 17.6. The molecular weight excluding hydrogens is 306 g/mol. The number of aromatic hydroxyl groups is 1. The lowest BCUT2D eigenvalue weighted by Gasteiger charge is -2.29. The van der Waals surface area contributed by atoms with Crippen molar-refractivity contribution in [2.75, 3.05) is 0 Å². The number of phenolic OH excluding ortho intramolecular Hbond substituents is 1. The van der Waals surface area contributed by atoms with Crippen LogP contribution in [0.15, 0.2) is 23.1 Å². The molecule has 1 aliphatic rings. The summed E-state index contributed by atoms with van der Waals surface area (Å²) in [7, 11) is 0. The standard InChI is InChI=1S/C19H27NO2S/c1-8-14-16(22)20-17(23-14)11-9-12(18(2,3)4)15(21)13(10-11)19(5,6)7/h8-10,17,21H,1-7H3,(H,20,22)/b14-8-. The molecule has 2 rings (SSSR count). The van der Waals surface area contributed by atoms with Crippen molar-refractivity contribution >= 4 is 17.7 Å². The molecule has 0 saturated carbocycles. The summed E-state index contributed by atoms with van der Waals surface area (Å²) < 4.78 is 0. The number of thioether (sulfide) groups is 1. The lowest BCUT2D eigenvalue weighted by atomic mass is 9.78. The molecule has 0 spiro atoms. The fraction of sp³-hybridized carbons (Fsp3) is 0.526. The van der Waals surface area contributed by atoms with Crippen molar-refractivity contribution in [3.8, 4) is 5.75 Å². The van der Waals surface area contributed by atoms with E-state index in [1.165, 1.54) is 11.8 Å². The summed E-state index contributed by atoms with van der Waals surface area (Å²) in [5.41, 5.74) is 2.54. The molecule has 1 saturated heterocycles. The monoisotopic (exact) mass is 333 g/mol. The van der Waals surface area contributed by atoms with E-state index < -0.39 is 0 Å². The van der Waals surface area contributed by atoms with Gasteiger partial charge in [0, 0.05) is 0 Å². The van der Waals surface area contributed by atoms with Crippen molar-refractivity contribution in [3.63, 3.8) is 0 Å². The van der Waals surface area contributed by atoms with Crippen LogP contribution in [0.25, 0.3) is 0 Å². The Hall–Kier alpha value is -1.42. The molecule has 0 aliphatic carbocycles. The average molecular weight is 333 g/mol. The van der Waals surface area contributed by atoms with Crippen LogP contribution in [-0.2, 0) is 15.6 Å². The minimum absolute atomic E-state index is 0.0230. The van der Waals surface area contributed by atoms with Gasteiger partial charge >= 0.3 is 0 Å². The van der Waals surface area contributed by atoms with Crippen molar-refractivity contribution in [2.45, 2.75) is 64.7 Å². The quantitative estimate of drug-likeness (QED) is 0.729. The summed E-state index contributed by atoms with van der Waals surface area (Å²) in [6, 6.07) is 4.06. The van der Waals surface area contributed by atoms with Gasteiger partial charge in [0.25, 0.3) is 5.91 Å². The first-order chi connectivity index (χ1) is 10.4. The second-order valence-corrected chi connectivity index (χ2v) is 9.24. The lowest BCUT2D eigenvalue weighted by Crippen LogP contribution is -2.22. The van der Waals surface area contributed by atoms with Crippen molar-refractivity contribution in [1.29, 1.82) is 0 Å². The summed E-state index contributed by atoms with van der Waals surface area (Å²) in [6.45, 7) is 14.4. The Bertz CT molecular complexity index is 628. The van der Waals surface area contributed by atoms with E-state index in [0.29, 0.717) is 5.75 Å². The van der Waals surface area contributed by atoms with E-state index in [1.807, 2.05) is 25.1 Å². The third kappa shape index (κ3) is 3.57. The highest BCUT2D eigenvalue weighted by atomic mass is 32.2. The van der Waals surface area contributed by atoms with Crippen LogP contribution < -0.4 is 5.32 Å². The number of amides is 1. The molecule has 2 N–H and O–H groups in total. The van der Waals surface area contributed by atoms with Crippen LogP contribution in [0.2, 0.25) is 0 Å². The first kappa shape index (κ1) is 17.9. The summed E-state index contributed by atoms with van der Waals surface area (Å²) >= 11 is 1.54. The third-order valence-electron chi connectivity index (χ3n) is 4.04. The maximum Gasteiger partial charge on any atom is 0.258 e. The molecule has 126 valence electrons. The zero-order valence-electron chi connectivity index (χ0n) is 15.1. The van der Waals surface area contributed by atoms with E-state index in [4.69, 9.17) is 0 Å². The van der Waals surface area contributed by atoms with Gasteiger partial charge < -0.3 is 10.4 Å². The Morgan fingerprint density at radius 2 is 1.57 bits per heavy atom. The van der Waals surface area contributed by atoms with Gasteiger partial charge in [0.2, 0.25) is 0 Å². The van der Waals surface area contributed by atoms with Crippen LogP contribution in [0.4, 0.5) is 0 Å². The molecule has 1 atom stereocenters. The number of allylic oxidation sites excluding steroid dienone is 1. The van der Waals surface area contributed by atoms with Crippen molar-refractivity contribution in [1.82, 2.24) is 5.32 Å². The number of hydrogen-bond donors (Lipinski definition) is 2. The fourth-order valence-corrected chi connectivity index (χ4v) is 3.70. The van der Waals surface area contributed by atoms with Gasteiger partial charge in [-0.25, -0.2) is 0 Å². The summed E-state index contributed by atoms with van der Waals surface area (Å²) in [5.74, 6) is 0.347. The van der Waals surface area contributed by atoms with Crippen LogP contribution in [-0.4, -0.2) is 11.0 Å². The summed E-state index contributed by atoms with van der Waals surface area (Å²) in [6.07, 6.45) is 1.84. The first-order valence-corrected chi connectivity index (χ1v) is 8.85. The number of carbonyl (C=O) groups is 1. The number of hydrogen-bond acceptors (Lipinski definition) is 3. The molecule has 0 aromatic heterocycles. The van der Waals surface area contributed by atoms with Crippen LogP contribution in [0.1, 0.15) is 70.5 Å². The number of rotatable bonds is 1. The van der Waals surface area contributed by atoms with E-state index in [2.05, 4.69) is 46.9 Å². The Morgan fingerprint density at radius 3 is 1.91 bits per heavy atom. The maximum atomic E-state index is 12.0. The van der Waals surface area contributed by atoms with Gasteiger partial charge in [-0.05, 0) is 46.6 Å². The average Bonchev–Trinajstić information content (AvgIpc) is 2.77. The molecule has 1 aromatic carbocycles. The van der Waals surface area contributed by atoms with Gasteiger partial charge in [0.15, 0.2) is 0 Å². The molecule has 3 nitrogen and oxygen atoms in total. The SMILES string of the molecule is C/C=C1\SC(c2cc(C(C)(C)C)c(O)c(C(C)(C)C)c2)NC1=O. The first-order valence-electron chi connectivity index (χ1n) is 7.97. The van der Waals surface area contributed by atoms with Crippen LogP contribution >= 0.6 is 11.8 Å². The molecule has 1 aliphatic heterocycles. The van der Waals surface area contributed by atoms with Crippen molar-refractivity contribution in [2.24, 2.45) is 0 Å². The molecule has 1 unspecified atom stereocenters. The summed E-state index contributed by atoms with van der Waals surface area (Å²) in [5, 5.41) is 13.7. The minimum Gasteiger partial charge on any atom is -0.507 e. The number of carbonyl (C=O) groups excluding carboxylic acids is 1. The van der Waals surface area contributed by atoms with E-state index >= 15 is 0 Å². The van der Waals surface area contributed by atoms with Gasteiger partial charge in [-0.2, -0.15) is 0 Å². The zero-order valence-corrected chi connectivity index (χ0v) is 15.9. The largest absolute Gasteiger partial charge is 0.507 e. The van der Waals surface area contributed by atoms with Crippen LogP contribution in [0, 0.1) is 0 Å². The number of nitrogens with one attached hydrogen (secondary N) is 1. The van der Waals surface area contributed by atoms with Crippen LogP contribution in [0.3, 0.4) is 0 Å². The second-order valence-electron chi connectivity index (χ2n) is 8.09. The Morgan fingerprint density at radius 1 is 1.09 bits per heavy atom. The predicted octanol–water partition coefficient (Wildman–Crippen LogP) is 4.75. The Labute approximate surface area is 143 Å². The van der Waals surface area contributed by atoms with Gasteiger partial charge in [-0.3, -0.25) is 4.79 Å². The van der Waals surface area contributed by atoms with E-state index in [1.54, 1.807) is 0 Å². The highest BCUT2D eigenvalue weighted by Gasteiger charge is 2.32. The number of phenols is 1. The molecule has 23 heavy (non-hydrogen) atoms.